The lowest BCUT2D eigenvalue weighted by Gasteiger charge is -2.14. The van der Waals surface area contributed by atoms with Crippen molar-refractivity contribution in [2.45, 2.75) is 31.9 Å². The fourth-order valence-corrected chi connectivity index (χ4v) is 2.75. The van der Waals surface area contributed by atoms with Crippen molar-refractivity contribution in [2.24, 2.45) is 0 Å². The molecule has 1 aliphatic rings. The van der Waals surface area contributed by atoms with Crippen molar-refractivity contribution in [2.75, 3.05) is 0 Å². The Morgan fingerprint density at radius 1 is 1.14 bits per heavy atom. The second-order valence-corrected chi connectivity index (χ2v) is 5.16. The lowest BCUT2D eigenvalue weighted by Crippen LogP contribution is -2.16. The molecule has 8 heteroatoms. The fraction of sp³-hybridized carbons (Fsp3) is 0.357. The van der Waals surface area contributed by atoms with E-state index in [1.807, 2.05) is 0 Å². The number of non-ortho nitro benzene ring substituents is 1. The van der Waals surface area contributed by atoms with Crippen LogP contribution in [0.1, 0.15) is 29.8 Å². The highest BCUT2D eigenvalue weighted by Gasteiger charge is 2.40. The standard InChI is InChI=1S/C14H12F3N3O2/c15-14(16,17)13-11-3-1-2-4-12(11)18-19(13)9-5-7-10(8-6-9)20(21)22/h5-8H,1-4H2. The zero-order valence-corrected chi connectivity index (χ0v) is 11.4. The van der Waals surface area contributed by atoms with E-state index in [4.69, 9.17) is 0 Å². The molecular weight excluding hydrogens is 299 g/mol. The van der Waals surface area contributed by atoms with Crippen LogP contribution in [0.3, 0.4) is 0 Å². The van der Waals surface area contributed by atoms with Gasteiger partial charge < -0.3 is 0 Å². The largest absolute Gasteiger partial charge is 0.433 e. The van der Waals surface area contributed by atoms with Crippen molar-refractivity contribution in [3.05, 3.63) is 51.3 Å². The van der Waals surface area contributed by atoms with Crippen LogP contribution >= 0.6 is 0 Å². The van der Waals surface area contributed by atoms with Gasteiger partial charge in [-0.25, -0.2) is 4.68 Å². The molecule has 0 fully saturated rings. The first-order valence-electron chi connectivity index (χ1n) is 6.80. The minimum absolute atomic E-state index is 0.172. The fourth-order valence-electron chi connectivity index (χ4n) is 2.75. The third-order valence-corrected chi connectivity index (χ3v) is 3.73. The number of nitrogens with zero attached hydrogens (tertiary/aromatic N) is 3. The van der Waals surface area contributed by atoms with Gasteiger partial charge in [-0.15, -0.1) is 0 Å². The second kappa shape index (κ2) is 5.11. The number of benzene rings is 1. The monoisotopic (exact) mass is 311 g/mol. The first kappa shape index (κ1) is 14.6. The molecule has 2 aromatic rings. The van der Waals surface area contributed by atoms with Gasteiger partial charge in [0.05, 0.1) is 16.3 Å². The summed E-state index contributed by atoms with van der Waals surface area (Å²) in [4.78, 5) is 10.0. The molecule has 0 aliphatic heterocycles. The molecule has 5 nitrogen and oxygen atoms in total. The predicted octanol–water partition coefficient (Wildman–Crippen LogP) is 3.68. The smallest absolute Gasteiger partial charge is 0.258 e. The Bertz CT molecular complexity index is 720. The van der Waals surface area contributed by atoms with Gasteiger partial charge in [0.15, 0.2) is 5.69 Å². The van der Waals surface area contributed by atoms with Crippen LogP contribution in [0, 0.1) is 10.1 Å². The molecule has 1 aromatic heterocycles. The Hall–Kier alpha value is -2.38. The minimum atomic E-state index is -4.51. The van der Waals surface area contributed by atoms with E-state index in [0.717, 1.165) is 11.1 Å². The summed E-state index contributed by atoms with van der Waals surface area (Å²) in [7, 11) is 0. The van der Waals surface area contributed by atoms with Crippen LogP contribution < -0.4 is 0 Å². The highest BCUT2D eigenvalue weighted by atomic mass is 19.4. The number of fused-ring (bicyclic) bond motifs is 1. The summed E-state index contributed by atoms with van der Waals surface area (Å²) in [6.07, 6.45) is -2.10. The number of rotatable bonds is 2. The Morgan fingerprint density at radius 3 is 2.36 bits per heavy atom. The molecule has 22 heavy (non-hydrogen) atoms. The van der Waals surface area contributed by atoms with Crippen molar-refractivity contribution >= 4 is 5.69 Å². The summed E-state index contributed by atoms with van der Waals surface area (Å²) in [5, 5.41) is 14.7. The number of alkyl halides is 3. The predicted molar refractivity (Wildman–Crippen MR) is 71.9 cm³/mol. The summed E-state index contributed by atoms with van der Waals surface area (Å²) in [6.45, 7) is 0. The average Bonchev–Trinajstić information content (AvgIpc) is 2.86. The SMILES string of the molecule is O=[N+]([O-])c1ccc(-n2nc3c(c2C(F)(F)F)CCCC3)cc1. The van der Waals surface area contributed by atoms with Gasteiger partial charge in [-0.05, 0) is 37.8 Å². The molecule has 116 valence electrons. The van der Waals surface area contributed by atoms with Gasteiger partial charge in [-0.2, -0.15) is 18.3 Å². The molecule has 1 aromatic carbocycles. The molecule has 0 saturated heterocycles. The summed E-state index contributed by atoms with van der Waals surface area (Å²) in [6, 6.07) is 4.92. The van der Waals surface area contributed by atoms with Crippen LogP contribution in [0.25, 0.3) is 5.69 Å². The van der Waals surface area contributed by atoms with Crippen LogP contribution in [-0.2, 0) is 19.0 Å². The third-order valence-electron chi connectivity index (χ3n) is 3.73. The number of halogens is 3. The number of aromatic nitrogens is 2. The lowest BCUT2D eigenvalue weighted by atomic mass is 9.96. The summed E-state index contributed by atoms with van der Waals surface area (Å²) < 4.78 is 41.0. The van der Waals surface area contributed by atoms with Crippen molar-refractivity contribution in [1.29, 1.82) is 0 Å². The minimum Gasteiger partial charge on any atom is -0.258 e. The highest BCUT2D eigenvalue weighted by molar-refractivity contribution is 5.44. The number of hydrogen-bond donors (Lipinski definition) is 0. The van der Waals surface area contributed by atoms with Crippen LogP contribution in [0.15, 0.2) is 24.3 Å². The van der Waals surface area contributed by atoms with Crippen molar-refractivity contribution in [3.63, 3.8) is 0 Å². The quantitative estimate of drug-likeness (QED) is 0.628. The maximum atomic E-state index is 13.4. The average molecular weight is 311 g/mol. The van der Waals surface area contributed by atoms with Crippen molar-refractivity contribution in [1.82, 2.24) is 9.78 Å². The summed E-state index contributed by atoms with van der Waals surface area (Å²) >= 11 is 0. The Labute approximate surface area is 123 Å². The number of aryl methyl sites for hydroxylation is 1. The van der Waals surface area contributed by atoms with E-state index in [1.165, 1.54) is 24.3 Å². The van der Waals surface area contributed by atoms with Crippen LogP contribution in [0.5, 0.6) is 0 Å². The number of hydrogen-bond acceptors (Lipinski definition) is 3. The molecule has 0 amide bonds. The molecule has 0 radical (unpaired) electrons. The maximum Gasteiger partial charge on any atom is 0.433 e. The van der Waals surface area contributed by atoms with Gasteiger partial charge >= 0.3 is 6.18 Å². The van der Waals surface area contributed by atoms with Gasteiger partial charge in [0.1, 0.15) is 0 Å². The Morgan fingerprint density at radius 2 is 1.77 bits per heavy atom. The first-order chi connectivity index (χ1) is 10.4. The van der Waals surface area contributed by atoms with Crippen LogP contribution in [-0.4, -0.2) is 14.7 Å². The molecule has 0 saturated carbocycles. The second-order valence-electron chi connectivity index (χ2n) is 5.16. The maximum absolute atomic E-state index is 13.4. The van der Waals surface area contributed by atoms with E-state index in [-0.39, 0.29) is 16.9 Å². The van der Waals surface area contributed by atoms with E-state index in [1.54, 1.807) is 0 Å². The van der Waals surface area contributed by atoms with E-state index >= 15 is 0 Å². The van der Waals surface area contributed by atoms with Gasteiger partial charge in [-0.1, -0.05) is 0 Å². The van der Waals surface area contributed by atoms with Crippen LogP contribution in [0.4, 0.5) is 18.9 Å². The molecule has 0 unspecified atom stereocenters. The molecule has 3 rings (SSSR count). The normalized spacial score (nSPS) is 14.7. The van der Waals surface area contributed by atoms with Gasteiger partial charge in [-0.3, -0.25) is 10.1 Å². The van der Waals surface area contributed by atoms with E-state index in [2.05, 4.69) is 5.10 Å². The van der Waals surface area contributed by atoms with Gasteiger partial charge in [0, 0.05) is 17.7 Å². The Balaban J connectivity index is 2.13. The summed E-state index contributed by atoms with van der Waals surface area (Å²) in [5.74, 6) is 0. The molecule has 0 bridgehead atoms. The Kier molecular flexibility index (Phi) is 3.38. The van der Waals surface area contributed by atoms with E-state index in [0.29, 0.717) is 25.0 Å². The zero-order valence-electron chi connectivity index (χ0n) is 11.4. The van der Waals surface area contributed by atoms with Crippen LogP contribution in [0.2, 0.25) is 0 Å². The molecule has 0 atom stereocenters. The number of nitro groups is 1. The van der Waals surface area contributed by atoms with Crippen molar-refractivity contribution < 1.29 is 18.1 Å². The molecule has 0 spiro atoms. The van der Waals surface area contributed by atoms with E-state index in [9.17, 15) is 23.3 Å². The molecule has 1 heterocycles. The topological polar surface area (TPSA) is 61.0 Å². The van der Waals surface area contributed by atoms with E-state index < -0.39 is 16.8 Å². The number of nitro benzene ring substituents is 1. The first-order valence-corrected chi connectivity index (χ1v) is 6.80. The summed E-state index contributed by atoms with van der Waals surface area (Å²) in [5.41, 5.74) is -0.0494. The zero-order chi connectivity index (χ0) is 15.9. The molecule has 1 aliphatic carbocycles. The van der Waals surface area contributed by atoms with Crippen molar-refractivity contribution in [3.8, 4) is 5.69 Å². The van der Waals surface area contributed by atoms with Gasteiger partial charge in [0.25, 0.3) is 5.69 Å². The lowest BCUT2D eigenvalue weighted by molar-refractivity contribution is -0.384. The molecular formula is C14H12F3N3O2. The highest BCUT2D eigenvalue weighted by Crippen LogP contribution is 2.37. The van der Waals surface area contributed by atoms with Gasteiger partial charge in [0.2, 0.25) is 0 Å². The molecule has 0 N–H and O–H groups in total. The third kappa shape index (κ3) is 2.44.